The highest BCUT2D eigenvalue weighted by Crippen LogP contribution is 2.25. The Balaban J connectivity index is 2.28. The molecule has 112 valence electrons. The largest absolute Gasteiger partial charge is 0.398 e. The van der Waals surface area contributed by atoms with Crippen LogP contribution in [0.3, 0.4) is 0 Å². The maximum atomic E-state index is 12.9. The van der Waals surface area contributed by atoms with Gasteiger partial charge in [-0.2, -0.15) is 4.31 Å². The Morgan fingerprint density at radius 3 is 2.38 bits per heavy atom. The van der Waals surface area contributed by atoms with Crippen molar-refractivity contribution in [1.82, 2.24) is 4.31 Å². The van der Waals surface area contributed by atoms with Crippen LogP contribution < -0.4 is 5.73 Å². The number of nitrogen functional groups attached to an aromatic ring is 1. The fraction of sp³-hybridized carbons (Fsp3) is 0.143. The number of hydrogen-bond donors (Lipinski definition) is 1. The van der Waals surface area contributed by atoms with Crippen LogP contribution in [0.5, 0.6) is 0 Å². The summed E-state index contributed by atoms with van der Waals surface area (Å²) in [6, 6.07) is 10.3. The predicted octanol–water partition coefficient (Wildman–Crippen LogP) is 2.99. The molecule has 2 rings (SSSR count). The lowest BCUT2D eigenvalue weighted by atomic mass is 10.2. The summed E-state index contributed by atoms with van der Waals surface area (Å²) in [4.78, 5) is 0.0512. The quantitative estimate of drug-likeness (QED) is 0.839. The smallest absolute Gasteiger partial charge is 0.245 e. The van der Waals surface area contributed by atoms with E-state index in [0.29, 0.717) is 10.0 Å². The van der Waals surface area contributed by atoms with Crippen LogP contribution in [0.1, 0.15) is 5.56 Å². The van der Waals surface area contributed by atoms with Crippen molar-refractivity contribution >= 4 is 31.6 Å². The molecule has 0 bridgehead atoms. The van der Waals surface area contributed by atoms with E-state index in [0.717, 1.165) is 0 Å². The third-order valence-corrected chi connectivity index (χ3v) is 5.35. The Morgan fingerprint density at radius 2 is 1.81 bits per heavy atom. The highest BCUT2D eigenvalue weighted by Gasteiger charge is 2.23. The molecule has 0 aliphatic carbocycles. The normalized spacial score (nSPS) is 11.8. The first-order valence-corrected chi connectivity index (χ1v) is 8.30. The Hall–Kier alpha value is -1.44. The van der Waals surface area contributed by atoms with E-state index in [1.165, 1.54) is 29.6 Å². The first-order chi connectivity index (χ1) is 9.80. The highest BCUT2D eigenvalue weighted by molar-refractivity contribution is 9.10. The van der Waals surface area contributed by atoms with Crippen LogP contribution in [-0.4, -0.2) is 19.8 Å². The van der Waals surface area contributed by atoms with Gasteiger partial charge in [0.25, 0.3) is 0 Å². The number of nitrogens with zero attached hydrogens (tertiary/aromatic N) is 1. The highest BCUT2D eigenvalue weighted by atomic mass is 79.9. The van der Waals surface area contributed by atoms with Crippen LogP contribution in [0.4, 0.5) is 10.1 Å². The van der Waals surface area contributed by atoms with Gasteiger partial charge in [-0.15, -0.1) is 0 Å². The van der Waals surface area contributed by atoms with Crippen LogP contribution in [0.15, 0.2) is 51.8 Å². The van der Waals surface area contributed by atoms with E-state index in [1.807, 2.05) is 0 Å². The van der Waals surface area contributed by atoms with Crippen LogP contribution in [0, 0.1) is 5.82 Å². The maximum Gasteiger partial charge on any atom is 0.245 e. The lowest BCUT2D eigenvalue weighted by Gasteiger charge is -2.18. The number of halogens is 2. The minimum Gasteiger partial charge on any atom is -0.398 e. The SMILES string of the molecule is CN(Cc1ccc(F)cc1)S(=O)(=O)c1ccc(Br)cc1N. The number of hydrogen-bond acceptors (Lipinski definition) is 3. The van der Waals surface area contributed by atoms with Gasteiger partial charge in [0.1, 0.15) is 10.7 Å². The molecule has 0 saturated heterocycles. The summed E-state index contributed by atoms with van der Waals surface area (Å²) in [6.45, 7) is 0.137. The van der Waals surface area contributed by atoms with Crippen molar-refractivity contribution in [2.24, 2.45) is 0 Å². The first kappa shape index (κ1) is 15.9. The minimum atomic E-state index is -3.70. The summed E-state index contributed by atoms with van der Waals surface area (Å²) in [7, 11) is -2.24. The van der Waals surface area contributed by atoms with Gasteiger partial charge in [-0.3, -0.25) is 0 Å². The third-order valence-electron chi connectivity index (χ3n) is 2.98. The van der Waals surface area contributed by atoms with Gasteiger partial charge in [0.15, 0.2) is 0 Å². The van der Waals surface area contributed by atoms with Gasteiger partial charge in [-0.25, -0.2) is 12.8 Å². The predicted molar refractivity (Wildman–Crippen MR) is 83.6 cm³/mol. The Labute approximate surface area is 131 Å². The summed E-state index contributed by atoms with van der Waals surface area (Å²) in [5.74, 6) is -0.360. The van der Waals surface area contributed by atoms with Crippen LogP contribution in [0.25, 0.3) is 0 Å². The van der Waals surface area contributed by atoms with Crippen molar-refractivity contribution in [3.63, 3.8) is 0 Å². The molecule has 4 nitrogen and oxygen atoms in total. The van der Waals surface area contributed by atoms with Crippen molar-refractivity contribution in [2.45, 2.75) is 11.4 Å². The molecule has 0 aromatic heterocycles. The van der Waals surface area contributed by atoms with Gasteiger partial charge in [-0.05, 0) is 35.9 Å². The third kappa shape index (κ3) is 3.61. The Kier molecular flexibility index (Phi) is 4.65. The summed E-state index contributed by atoms with van der Waals surface area (Å²) >= 11 is 3.24. The lowest BCUT2D eigenvalue weighted by Crippen LogP contribution is -2.27. The zero-order valence-corrected chi connectivity index (χ0v) is 13.7. The van der Waals surface area contributed by atoms with Gasteiger partial charge in [0, 0.05) is 18.1 Å². The van der Waals surface area contributed by atoms with E-state index in [1.54, 1.807) is 24.3 Å². The van der Waals surface area contributed by atoms with E-state index in [9.17, 15) is 12.8 Å². The summed E-state index contributed by atoms with van der Waals surface area (Å²) in [5.41, 5.74) is 6.64. The average molecular weight is 373 g/mol. The van der Waals surface area contributed by atoms with Crippen LogP contribution in [0.2, 0.25) is 0 Å². The molecule has 0 atom stereocenters. The molecule has 0 spiro atoms. The maximum absolute atomic E-state index is 12.9. The molecule has 0 heterocycles. The fourth-order valence-corrected chi connectivity index (χ4v) is 3.48. The van der Waals surface area contributed by atoms with Crippen molar-refractivity contribution < 1.29 is 12.8 Å². The topological polar surface area (TPSA) is 63.4 Å². The zero-order chi connectivity index (χ0) is 15.6. The fourth-order valence-electron chi connectivity index (χ4n) is 1.85. The average Bonchev–Trinajstić information content (AvgIpc) is 2.40. The molecular formula is C14H14BrFN2O2S. The van der Waals surface area contributed by atoms with Crippen LogP contribution in [-0.2, 0) is 16.6 Å². The molecular weight excluding hydrogens is 359 g/mol. The molecule has 2 N–H and O–H groups in total. The molecule has 0 aliphatic heterocycles. The van der Waals surface area contributed by atoms with Gasteiger partial charge < -0.3 is 5.73 Å². The number of nitrogens with two attached hydrogens (primary N) is 1. The molecule has 21 heavy (non-hydrogen) atoms. The monoisotopic (exact) mass is 372 g/mol. The second kappa shape index (κ2) is 6.13. The van der Waals surface area contributed by atoms with Gasteiger partial charge in [-0.1, -0.05) is 28.1 Å². The standard InChI is InChI=1S/C14H14BrFN2O2S/c1-18(9-10-2-5-12(16)6-3-10)21(19,20)14-7-4-11(15)8-13(14)17/h2-8H,9,17H2,1H3. The zero-order valence-electron chi connectivity index (χ0n) is 11.3. The number of sulfonamides is 1. The van der Waals surface area contributed by atoms with Crippen molar-refractivity contribution in [1.29, 1.82) is 0 Å². The number of anilines is 1. The first-order valence-electron chi connectivity index (χ1n) is 6.06. The molecule has 0 saturated carbocycles. The molecule has 2 aromatic rings. The van der Waals surface area contributed by atoms with Gasteiger partial charge >= 0.3 is 0 Å². The van der Waals surface area contributed by atoms with Crippen LogP contribution >= 0.6 is 15.9 Å². The molecule has 2 aromatic carbocycles. The molecule has 0 fully saturated rings. The van der Waals surface area contributed by atoms with Crippen molar-refractivity contribution in [2.75, 3.05) is 12.8 Å². The molecule has 0 aliphatic rings. The number of benzene rings is 2. The minimum absolute atomic E-state index is 0.0512. The van der Waals surface area contributed by atoms with E-state index >= 15 is 0 Å². The molecule has 0 amide bonds. The second-order valence-electron chi connectivity index (χ2n) is 4.57. The Bertz CT molecular complexity index is 748. The van der Waals surface area contributed by atoms with Gasteiger partial charge in [0.2, 0.25) is 10.0 Å². The van der Waals surface area contributed by atoms with E-state index in [2.05, 4.69) is 15.9 Å². The Morgan fingerprint density at radius 1 is 1.19 bits per heavy atom. The summed E-state index contributed by atoms with van der Waals surface area (Å²) < 4.78 is 39.7. The summed E-state index contributed by atoms with van der Waals surface area (Å²) in [5, 5.41) is 0. The van der Waals surface area contributed by atoms with E-state index < -0.39 is 10.0 Å². The number of rotatable bonds is 4. The van der Waals surface area contributed by atoms with E-state index in [-0.39, 0.29) is 22.9 Å². The second-order valence-corrected chi connectivity index (χ2v) is 7.50. The summed E-state index contributed by atoms with van der Waals surface area (Å²) in [6.07, 6.45) is 0. The van der Waals surface area contributed by atoms with Crippen molar-refractivity contribution in [3.8, 4) is 0 Å². The molecule has 0 radical (unpaired) electrons. The van der Waals surface area contributed by atoms with Gasteiger partial charge in [0.05, 0.1) is 5.69 Å². The lowest BCUT2D eigenvalue weighted by molar-refractivity contribution is 0.466. The van der Waals surface area contributed by atoms with E-state index in [4.69, 9.17) is 5.73 Å². The van der Waals surface area contributed by atoms with Crippen molar-refractivity contribution in [3.05, 3.63) is 58.3 Å². The molecule has 7 heteroatoms. The molecule has 0 unspecified atom stereocenters.